The maximum atomic E-state index is 3.68. The molecule has 1 fully saturated rings. The van der Waals surface area contributed by atoms with Gasteiger partial charge >= 0.3 is 0 Å². The Morgan fingerprint density at radius 3 is 2.79 bits per heavy atom. The highest BCUT2D eigenvalue weighted by Gasteiger charge is 2.29. The monoisotopic (exact) mass is 325 g/mol. The van der Waals surface area contributed by atoms with Gasteiger partial charge in [0.1, 0.15) is 0 Å². The lowest BCUT2D eigenvalue weighted by atomic mass is 9.93. The van der Waals surface area contributed by atoms with Crippen molar-refractivity contribution in [2.45, 2.75) is 19.0 Å². The molecule has 0 amide bonds. The van der Waals surface area contributed by atoms with E-state index in [0.29, 0.717) is 12.1 Å². The predicted octanol–water partition coefficient (Wildman–Crippen LogP) is 2.26. The fraction of sp³-hybridized carbons (Fsp3) is 0.600. The van der Waals surface area contributed by atoms with Crippen LogP contribution in [-0.4, -0.2) is 56.6 Å². The van der Waals surface area contributed by atoms with Crippen molar-refractivity contribution in [3.8, 4) is 0 Å². The van der Waals surface area contributed by atoms with Crippen LogP contribution in [-0.2, 0) is 0 Å². The van der Waals surface area contributed by atoms with E-state index in [1.54, 1.807) is 0 Å². The molecule has 19 heavy (non-hydrogen) atoms. The topological polar surface area (TPSA) is 18.5 Å². The number of hydrogen-bond donors (Lipinski definition) is 1. The van der Waals surface area contributed by atoms with Crippen LogP contribution in [0.15, 0.2) is 22.7 Å². The Morgan fingerprint density at radius 2 is 2.16 bits per heavy atom. The Bertz CT molecular complexity index is 433. The van der Waals surface area contributed by atoms with E-state index in [0.717, 1.165) is 24.1 Å². The molecule has 2 atom stereocenters. The largest absolute Gasteiger partial charge is 0.310 e. The van der Waals surface area contributed by atoms with Gasteiger partial charge < -0.3 is 15.1 Å². The SMILES string of the molecule is Cc1ccc(Br)cc1C(C1CN(C)CCN1)N(C)C. The first-order chi connectivity index (χ1) is 8.99. The smallest absolute Gasteiger partial charge is 0.0511 e. The number of hydrogen-bond acceptors (Lipinski definition) is 3. The van der Waals surface area contributed by atoms with Gasteiger partial charge in [-0.25, -0.2) is 0 Å². The van der Waals surface area contributed by atoms with E-state index in [1.165, 1.54) is 11.1 Å². The van der Waals surface area contributed by atoms with Crippen LogP contribution < -0.4 is 5.32 Å². The molecule has 0 aromatic heterocycles. The molecule has 2 rings (SSSR count). The van der Waals surface area contributed by atoms with Gasteiger partial charge in [0.05, 0.1) is 6.04 Å². The van der Waals surface area contributed by atoms with Crippen LogP contribution in [0.4, 0.5) is 0 Å². The van der Waals surface area contributed by atoms with Gasteiger partial charge in [0.2, 0.25) is 0 Å². The third kappa shape index (κ3) is 3.57. The molecule has 1 aliphatic heterocycles. The number of rotatable bonds is 3. The first kappa shape index (κ1) is 15.0. The number of piperazine rings is 1. The second-order valence-corrected chi connectivity index (χ2v) is 6.65. The van der Waals surface area contributed by atoms with E-state index in [4.69, 9.17) is 0 Å². The zero-order valence-electron chi connectivity index (χ0n) is 12.3. The maximum Gasteiger partial charge on any atom is 0.0511 e. The number of halogens is 1. The van der Waals surface area contributed by atoms with Crippen LogP contribution in [0, 0.1) is 6.92 Å². The average molecular weight is 326 g/mol. The molecule has 3 nitrogen and oxygen atoms in total. The Labute approximate surface area is 125 Å². The van der Waals surface area contributed by atoms with Gasteiger partial charge in [-0.05, 0) is 51.3 Å². The molecular weight excluding hydrogens is 302 g/mol. The van der Waals surface area contributed by atoms with E-state index in [9.17, 15) is 0 Å². The molecule has 1 aliphatic rings. The summed E-state index contributed by atoms with van der Waals surface area (Å²) in [6.45, 7) is 5.49. The van der Waals surface area contributed by atoms with Crippen molar-refractivity contribution in [1.29, 1.82) is 0 Å². The van der Waals surface area contributed by atoms with E-state index in [1.807, 2.05) is 0 Å². The number of nitrogens with one attached hydrogen (secondary N) is 1. The van der Waals surface area contributed by atoms with Gasteiger partial charge in [0.25, 0.3) is 0 Å². The fourth-order valence-electron chi connectivity index (χ4n) is 2.93. The third-order valence-corrected chi connectivity index (χ3v) is 4.40. The first-order valence-corrected chi connectivity index (χ1v) is 7.62. The fourth-order valence-corrected chi connectivity index (χ4v) is 3.31. The zero-order chi connectivity index (χ0) is 14.0. The molecule has 4 heteroatoms. The third-order valence-electron chi connectivity index (χ3n) is 3.91. The maximum absolute atomic E-state index is 3.68. The quantitative estimate of drug-likeness (QED) is 0.919. The van der Waals surface area contributed by atoms with Gasteiger partial charge in [-0.1, -0.05) is 22.0 Å². The van der Waals surface area contributed by atoms with E-state index >= 15 is 0 Å². The van der Waals surface area contributed by atoms with Crippen molar-refractivity contribution in [3.05, 3.63) is 33.8 Å². The Morgan fingerprint density at radius 1 is 1.42 bits per heavy atom. The molecular formula is C15H24BrN3. The van der Waals surface area contributed by atoms with Crippen LogP contribution >= 0.6 is 15.9 Å². The number of aryl methyl sites for hydroxylation is 1. The molecule has 1 aromatic rings. The van der Waals surface area contributed by atoms with Gasteiger partial charge in [-0.3, -0.25) is 0 Å². The van der Waals surface area contributed by atoms with Gasteiger partial charge in [-0.2, -0.15) is 0 Å². The molecule has 1 saturated heterocycles. The van der Waals surface area contributed by atoms with Crippen molar-refractivity contribution in [1.82, 2.24) is 15.1 Å². The van der Waals surface area contributed by atoms with Crippen LogP contribution in [0.3, 0.4) is 0 Å². The summed E-state index contributed by atoms with van der Waals surface area (Å²) >= 11 is 3.60. The van der Waals surface area contributed by atoms with Crippen molar-refractivity contribution in [3.63, 3.8) is 0 Å². The van der Waals surface area contributed by atoms with Crippen LogP contribution in [0.25, 0.3) is 0 Å². The number of nitrogens with zero attached hydrogens (tertiary/aromatic N) is 2. The predicted molar refractivity (Wildman–Crippen MR) is 84.6 cm³/mol. The van der Waals surface area contributed by atoms with Crippen molar-refractivity contribution in [2.75, 3.05) is 40.8 Å². The molecule has 106 valence electrons. The Kier molecular flexibility index (Phi) is 5.01. The van der Waals surface area contributed by atoms with E-state index in [2.05, 4.69) is 77.3 Å². The second kappa shape index (κ2) is 6.35. The zero-order valence-corrected chi connectivity index (χ0v) is 13.9. The molecule has 1 heterocycles. The van der Waals surface area contributed by atoms with Crippen LogP contribution in [0.2, 0.25) is 0 Å². The summed E-state index contributed by atoms with van der Waals surface area (Å²) in [5, 5.41) is 3.68. The van der Waals surface area contributed by atoms with E-state index < -0.39 is 0 Å². The molecule has 0 saturated carbocycles. The van der Waals surface area contributed by atoms with Gasteiger partial charge in [-0.15, -0.1) is 0 Å². The molecule has 0 radical (unpaired) electrons. The van der Waals surface area contributed by atoms with Crippen LogP contribution in [0.5, 0.6) is 0 Å². The van der Waals surface area contributed by atoms with Crippen LogP contribution in [0.1, 0.15) is 17.2 Å². The number of benzene rings is 1. The summed E-state index contributed by atoms with van der Waals surface area (Å²) in [7, 11) is 6.54. The summed E-state index contributed by atoms with van der Waals surface area (Å²) in [4.78, 5) is 4.73. The lowest BCUT2D eigenvalue weighted by Crippen LogP contribution is -2.54. The molecule has 1 N–H and O–H groups in total. The normalized spacial score (nSPS) is 22.7. The minimum atomic E-state index is 0.403. The molecule has 2 unspecified atom stereocenters. The minimum absolute atomic E-state index is 0.403. The summed E-state index contributed by atoms with van der Waals surface area (Å²) < 4.78 is 1.16. The second-order valence-electron chi connectivity index (χ2n) is 5.73. The Balaban J connectivity index is 2.31. The highest BCUT2D eigenvalue weighted by atomic mass is 79.9. The summed E-state index contributed by atoms with van der Waals surface area (Å²) in [6, 6.07) is 7.45. The molecule has 0 bridgehead atoms. The average Bonchev–Trinajstić information content (AvgIpc) is 2.33. The summed E-state index contributed by atoms with van der Waals surface area (Å²) in [5.74, 6) is 0. The van der Waals surface area contributed by atoms with E-state index in [-0.39, 0.29) is 0 Å². The van der Waals surface area contributed by atoms with Crippen molar-refractivity contribution >= 4 is 15.9 Å². The lowest BCUT2D eigenvalue weighted by Gasteiger charge is -2.39. The molecule has 0 aliphatic carbocycles. The highest BCUT2D eigenvalue weighted by molar-refractivity contribution is 9.10. The van der Waals surface area contributed by atoms with Gasteiger partial charge in [0.15, 0.2) is 0 Å². The van der Waals surface area contributed by atoms with Crippen molar-refractivity contribution < 1.29 is 0 Å². The summed E-state index contributed by atoms with van der Waals surface area (Å²) in [6.07, 6.45) is 0. The van der Waals surface area contributed by atoms with Crippen molar-refractivity contribution in [2.24, 2.45) is 0 Å². The first-order valence-electron chi connectivity index (χ1n) is 6.83. The molecule has 1 aromatic carbocycles. The highest BCUT2D eigenvalue weighted by Crippen LogP contribution is 2.29. The molecule has 0 spiro atoms. The Hall–Kier alpha value is -0.420. The lowest BCUT2D eigenvalue weighted by molar-refractivity contribution is 0.154. The minimum Gasteiger partial charge on any atom is -0.310 e. The standard InChI is InChI=1S/C15H24BrN3/c1-11-5-6-12(16)9-13(11)15(18(2)3)14-10-19(4)8-7-17-14/h5-6,9,14-15,17H,7-8,10H2,1-4H3. The van der Waals surface area contributed by atoms with Gasteiger partial charge in [0, 0.05) is 30.1 Å². The number of likely N-dealkylation sites (N-methyl/N-ethyl adjacent to an activating group) is 2. The summed E-state index contributed by atoms with van der Waals surface area (Å²) in [5.41, 5.74) is 2.77.